The highest BCUT2D eigenvalue weighted by atomic mass is 16.2. The molecule has 6 heteroatoms. The molecule has 2 aliphatic heterocycles. The summed E-state index contributed by atoms with van der Waals surface area (Å²) < 4.78 is 0. The molecule has 2 saturated heterocycles. The molecule has 0 bridgehead atoms. The van der Waals surface area contributed by atoms with Gasteiger partial charge in [0.05, 0.1) is 12.0 Å². The highest BCUT2D eigenvalue weighted by Gasteiger charge is 2.39. The summed E-state index contributed by atoms with van der Waals surface area (Å²) in [5, 5.41) is 2.01. The van der Waals surface area contributed by atoms with Crippen molar-refractivity contribution in [1.82, 2.24) is 26.2 Å². The molecule has 0 saturated carbocycles. The number of hydrogen-bond donors (Lipinski definition) is 3. The molecule has 3 N–H and O–H groups in total. The standard InChI is InChI=1S/C14H25N5O/c1-5-10(2)19-11(3)13(9-17-19)14(20)18(4)12-6-7-15-16-8-12/h1,10-13,15-17H,6-9H2,2-4H3. The molecule has 0 spiro atoms. The van der Waals surface area contributed by atoms with Gasteiger partial charge in [-0.05, 0) is 20.3 Å². The Labute approximate surface area is 121 Å². The maximum absolute atomic E-state index is 12.7. The Morgan fingerprint density at radius 3 is 2.80 bits per heavy atom. The summed E-state index contributed by atoms with van der Waals surface area (Å²) >= 11 is 0. The second kappa shape index (κ2) is 6.55. The van der Waals surface area contributed by atoms with Crippen molar-refractivity contribution in [2.24, 2.45) is 5.92 Å². The van der Waals surface area contributed by atoms with Gasteiger partial charge in [-0.3, -0.25) is 21.1 Å². The Kier molecular flexibility index (Phi) is 5.00. The number of rotatable bonds is 3. The number of hydrazine groups is 2. The summed E-state index contributed by atoms with van der Waals surface area (Å²) in [5.41, 5.74) is 9.46. The van der Waals surface area contributed by atoms with E-state index in [0.717, 1.165) is 19.5 Å². The van der Waals surface area contributed by atoms with Crippen LogP contribution in [0.15, 0.2) is 0 Å². The van der Waals surface area contributed by atoms with Crippen molar-refractivity contribution in [3.05, 3.63) is 0 Å². The minimum absolute atomic E-state index is 0.00588. The molecule has 2 fully saturated rings. The number of hydrogen-bond acceptors (Lipinski definition) is 5. The summed E-state index contributed by atoms with van der Waals surface area (Å²) in [6.45, 7) is 6.37. The summed E-state index contributed by atoms with van der Waals surface area (Å²) in [5.74, 6) is 2.87. The second-order valence-electron chi connectivity index (χ2n) is 5.66. The number of amides is 1. The topological polar surface area (TPSA) is 59.6 Å². The molecule has 0 radical (unpaired) electrons. The molecule has 20 heavy (non-hydrogen) atoms. The van der Waals surface area contributed by atoms with Crippen LogP contribution < -0.4 is 16.3 Å². The van der Waals surface area contributed by atoms with Gasteiger partial charge in [0.25, 0.3) is 0 Å². The molecule has 0 aliphatic carbocycles. The number of carbonyl (C=O) groups is 1. The quantitative estimate of drug-likeness (QED) is 0.588. The van der Waals surface area contributed by atoms with Crippen molar-refractivity contribution in [3.8, 4) is 12.3 Å². The third-order valence-electron chi connectivity index (χ3n) is 4.45. The Bertz CT molecular complexity index is 388. The number of terminal acetylenes is 1. The minimum atomic E-state index is -0.0364. The summed E-state index contributed by atoms with van der Waals surface area (Å²) in [6.07, 6.45) is 6.45. The van der Waals surface area contributed by atoms with Crippen LogP contribution in [0.1, 0.15) is 20.3 Å². The van der Waals surface area contributed by atoms with Gasteiger partial charge in [-0.2, -0.15) is 0 Å². The zero-order valence-electron chi connectivity index (χ0n) is 12.5. The number of likely N-dealkylation sites (N-methyl/N-ethyl adjacent to an activating group) is 1. The first-order valence-electron chi connectivity index (χ1n) is 7.26. The highest BCUT2D eigenvalue weighted by molar-refractivity contribution is 5.80. The van der Waals surface area contributed by atoms with E-state index < -0.39 is 0 Å². The van der Waals surface area contributed by atoms with Gasteiger partial charge in [-0.15, -0.1) is 6.42 Å². The van der Waals surface area contributed by atoms with E-state index in [1.165, 1.54) is 0 Å². The lowest BCUT2D eigenvalue weighted by molar-refractivity contribution is -0.137. The largest absolute Gasteiger partial charge is 0.341 e. The number of nitrogens with zero attached hydrogens (tertiary/aromatic N) is 2. The van der Waals surface area contributed by atoms with E-state index in [1.54, 1.807) is 0 Å². The average molecular weight is 279 g/mol. The molecule has 0 aromatic heterocycles. The van der Waals surface area contributed by atoms with Gasteiger partial charge >= 0.3 is 0 Å². The monoisotopic (exact) mass is 279 g/mol. The fraction of sp³-hybridized carbons (Fsp3) is 0.786. The molecule has 4 unspecified atom stereocenters. The lowest BCUT2D eigenvalue weighted by Gasteiger charge is -2.34. The number of carbonyl (C=O) groups excluding carboxylic acids is 1. The molecule has 1 amide bonds. The van der Waals surface area contributed by atoms with Crippen LogP contribution >= 0.6 is 0 Å². The van der Waals surface area contributed by atoms with Crippen LogP contribution in [0.2, 0.25) is 0 Å². The Balaban J connectivity index is 1.97. The van der Waals surface area contributed by atoms with E-state index in [2.05, 4.69) is 29.1 Å². The van der Waals surface area contributed by atoms with Crippen molar-refractivity contribution in [1.29, 1.82) is 0 Å². The molecular weight excluding hydrogens is 254 g/mol. The van der Waals surface area contributed by atoms with Gasteiger partial charge in [0.15, 0.2) is 0 Å². The van der Waals surface area contributed by atoms with Crippen LogP contribution in [0.4, 0.5) is 0 Å². The third kappa shape index (κ3) is 2.96. The Hall–Kier alpha value is -1.13. The van der Waals surface area contributed by atoms with Crippen molar-refractivity contribution < 1.29 is 4.79 Å². The molecule has 6 nitrogen and oxygen atoms in total. The Morgan fingerprint density at radius 1 is 1.45 bits per heavy atom. The van der Waals surface area contributed by atoms with Gasteiger partial charge < -0.3 is 4.90 Å². The SMILES string of the molecule is C#CC(C)N1NCC(C(=O)N(C)C2CCNNC2)C1C. The first-order valence-corrected chi connectivity index (χ1v) is 7.26. The first-order chi connectivity index (χ1) is 9.56. The average Bonchev–Trinajstić information content (AvgIpc) is 2.87. The van der Waals surface area contributed by atoms with E-state index in [1.807, 2.05) is 23.9 Å². The highest BCUT2D eigenvalue weighted by Crippen LogP contribution is 2.21. The van der Waals surface area contributed by atoms with Crippen LogP contribution in [-0.2, 0) is 4.79 Å². The maximum Gasteiger partial charge on any atom is 0.228 e. The lowest BCUT2D eigenvalue weighted by atomic mass is 9.99. The molecule has 2 rings (SSSR count). The zero-order chi connectivity index (χ0) is 14.7. The molecule has 0 aromatic rings. The lowest BCUT2D eigenvalue weighted by Crippen LogP contribution is -2.55. The molecule has 0 aromatic carbocycles. The van der Waals surface area contributed by atoms with Crippen LogP contribution in [0.5, 0.6) is 0 Å². The fourth-order valence-corrected chi connectivity index (χ4v) is 2.97. The van der Waals surface area contributed by atoms with Crippen LogP contribution in [0, 0.1) is 18.3 Å². The molecular formula is C14H25N5O. The zero-order valence-corrected chi connectivity index (χ0v) is 12.5. The van der Waals surface area contributed by atoms with Crippen molar-refractivity contribution in [2.45, 2.75) is 38.4 Å². The van der Waals surface area contributed by atoms with Crippen molar-refractivity contribution in [2.75, 3.05) is 26.7 Å². The molecule has 4 atom stereocenters. The van der Waals surface area contributed by atoms with Gasteiger partial charge in [0.2, 0.25) is 5.91 Å². The van der Waals surface area contributed by atoms with E-state index in [0.29, 0.717) is 6.54 Å². The van der Waals surface area contributed by atoms with Gasteiger partial charge in [0.1, 0.15) is 0 Å². The van der Waals surface area contributed by atoms with Crippen LogP contribution in [-0.4, -0.2) is 60.6 Å². The molecule has 2 heterocycles. The predicted molar refractivity (Wildman–Crippen MR) is 78.3 cm³/mol. The van der Waals surface area contributed by atoms with Gasteiger partial charge in [0, 0.05) is 38.8 Å². The van der Waals surface area contributed by atoms with E-state index in [4.69, 9.17) is 6.42 Å². The predicted octanol–water partition coefficient (Wildman–Crippen LogP) is -0.842. The van der Waals surface area contributed by atoms with Crippen LogP contribution in [0.3, 0.4) is 0 Å². The molecule has 2 aliphatic rings. The molecule has 112 valence electrons. The third-order valence-corrected chi connectivity index (χ3v) is 4.45. The van der Waals surface area contributed by atoms with Gasteiger partial charge in [-0.25, -0.2) is 5.01 Å². The Morgan fingerprint density at radius 2 is 2.20 bits per heavy atom. The smallest absolute Gasteiger partial charge is 0.228 e. The summed E-state index contributed by atoms with van der Waals surface area (Å²) in [7, 11) is 1.90. The summed E-state index contributed by atoms with van der Waals surface area (Å²) in [4.78, 5) is 14.6. The number of nitrogens with one attached hydrogen (secondary N) is 3. The summed E-state index contributed by atoms with van der Waals surface area (Å²) in [6, 6.07) is 0.370. The minimum Gasteiger partial charge on any atom is -0.341 e. The van der Waals surface area contributed by atoms with E-state index in [-0.39, 0.29) is 30.0 Å². The van der Waals surface area contributed by atoms with E-state index >= 15 is 0 Å². The maximum atomic E-state index is 12.7. The van der Waals surface area contributed by atoms with Crippen molar-refractivity contribution >= 4 is 5.91 Å². The second-order valence-corrected chi connectivity index (χ2v) is 5.66. The van der Waals surface area contributed by atoms with Gasteiger partial charge in [-0.1, -0.05) is 5.92 Å². The normalized spacial score (nSPS) is 32.6. The van der Waals surface area contributed by atoms with Crippen LogP contribution in [0.25, 0.3) is 0 Å². The first kappa shape index (κ1) is 15.3. The van der Waals surface area contributed by atoms with Crippen molar-refractivity contribution in [3.63, 3.8) is 0 Å². The van der Waals surface area contributed by atoms with E-state index in [9.17, 15) is 4.79 Å². The fourth-order valence-electron chi connectivity index (χ4n) is 2.97.